The molecule has 1 heterocycles. The number of amides is 1. The highest BCUT2D eigenvalue weighted by atomic mass is 16.5. The van der Waals surface area contributed by atoms with Gasteiger partial charge in [0.1, 0.15) is 5.75 Å². The first-order valence-corrected chi connectivity index (χ1v) is 7.93. The zero-order valence-electron chi connectivity index (χ0n) is 12.5. The molecule has 4 heteroatoms. The number of fused-ring (bicyclic) bond motifs is 3. The van der Waals surface area contributed by atoms with Gasteiger partial charge in [0, 0.05) is 5.56 Å². The van der Waals surface area contributed by atoms with Crippen LogP contribution in [-0.4, -0.2) is 18.2 Å². The van der Waals surface area contributed by atoms with Crippen molar-refractivity contribution in [2.24, 2.45) is 11.0 Å². The first kappa shape index (κ1) is 14.1. The minimum absolute atomic E-state index is 0.0342. The van der Waals surface area contributed by atoms with E-state index in [-0.39, 0.29) is 11.8 Å². The second-order valence-electron chi connectivity index (χ2n) is 5.79. The number of nitrogens with one attached hydrogen (secondary N) is 1. The number of aryl methyl sites for hydroxylation is 1. The van der Waals surface area contributed by atoms with Crippen LogP contribution in [0.3, 0.4) is 0 Å². The molecule has 1 N–H and O–H groups in total. The maximum atomic E-state index is 11.7. The molecule has 1 amide bonds. The number of nitrogens with zero attached hydrogens (tertiary/aromatic N) is 1. The van der Waals surface area contributed by atoms with Crippen molar-refractivity contribution < 1.29 is 9.53 Å². The lowest BCUT2D eigenvalue weighted by atomic mass is 9.82. The highest BCUT2D eigenvalue weighted by molar-refractivity contribution is 6.17. The molecule has 0 spiro atoms. The van der Waals surface area contributed by atoms with Gasteiger partial charge in [0.05, 0.1) is 18.2 Å². The second kappa shape index (κ2) is 6.29. The summed E-state index contributed by atoms with van der Waals surface area (Å²) < 4.78 is 5.83. The van der Waals surface area contributed by atoms with Gasteiger partial charge >= 0.3 is 0 Å². The van der Waals surface area contributed by atoms with Crippen LogP contribution in [0, 0.1) is 5.92 Å². The van der Waals surface area contributed by atoms with Crippen LogP contribution in [0.4, 0.5) is 0 Å². The summed E-state index contributed by atoms with van der Waals surface area (Å²) in [5, 5.41) is 4.18. The van der Waals surface area contributed by atoms with Crippen molar-refractivity contribution >= 4 is 11.6 Å². The standard InChI is InChI=1S/C17H22N2O2/c1-2-3-4-5-10-21-13-7-9-14-12(11-13)6-8-15-16(14)18-19-17(15)20/h7,9,11,15H,2-6,8,10H2,1H3,(H,19,20)/t15-/m0/s1. The zero-order chi connectivity index (χ0) is 14.7. The Morgan fingerprint density at radius 3 is 3.10 bits per heavy atom. The van der Waals surface area contributed by atoms with Crippen LogP contribution in [0.25, 0.3) is 0 Å². The summed E-state index contributed by atoms with van der Waals surface area (Å²) in [5.41, 5.74) is 5.83. The van der Waals surface area contributed by atoms with Crippen LogP contribution in [0.5, 0.6) is 5.75 Å². The minimum atomic E-state index is -0.0571. The number of hydrazone groups is 1. The van der Waals surface area contributed by atoms with E-state index in [1.54, 1.807) is 0 Å². The fourth-order valence-electron chi connectivity index (χ4n) is 3.05. The number of rotatable bonds is 6. The van der Waals surface area contributed by atoms with Gasteiger partial charge in [-0.3, -0.25) is 4.79 Å². The quantitative estimate of drug-likeness (QED) is 0.817. The highest BCUT2D eigenvalue weighted by Crippen LogP contribution is 2.31. The van der Waals surface area contributed by atoms with E-state index in [2.05, 4.69) is 23.5 Å². The Balaban J connectivity index is 1.65. The van der Waals surface area contributed by atoms with Crippen LogP contribution in [0.2, 0.25) is 0 Å². The predicted molar refractivity (Wildman–Crippen MR) is 82.6 cm³/mol. The molecule has 0 radical (unpaired) electrons. The molecule has 1 aliphatic carbocycles. The average molecular weight is 286 g/mol. The maximum Gasteiger partial charge on any atom is 0.249 e. The first-order valence-electron chi connectivity index (χ1n) is 7.93. The van der Waals surface area contributed by atoms with Crippen LogP contribution in [0.15, 0.2) is 23.3 Å². The number of carbonyl (C=O) groups is 1. The molecule has 0 aromatic heterocycles. The van der Waals surface area contributed by atoms with Gasteiger partial charge in [-0.15, -0.1) is 0 Å². The third-order valence-electron chi connectivity index (χ3n) is 4.25. The van der Waals surface area contributed by atoms with E-state index in [1.165, 1.54) is 24.8 Å². The van der Waals surface area contributed by atoms with Gasteiger partial charge < -0.3 is 4.74 Å². The molecule has 4 nitrogen and oxygen atoms in total. The molecular weight excluding hydrogens is 264 g/mol. The van der Waals surface area contributed by atoms with E-state index < -0.39 is 0 Å². The minimum Gasteiger partial charge on any atom is -0.494 e. The smallest absolute Gasteiger partial charge is 0.249 e. The van der Waals surface area contributed by atoms with Gasteiger partial charge in [-0.2, -0.15) is 5.10 Å². The number of benzene rings is 1. The summed E-state index contributed by atoms with van der Waals surface area (Å²) >= 11 is 0. The van der Waals surface area contributed by atoms with E-state index in [4.69, 9.17) is 4.74 Å². The lowest BCUT2D eigenvalue weighted by Gasteiger charge is -2.21. The molecule has 0 saturated heterocycles. The maximum absolute atomic E-state index is 11.7. The molecule has 0 unspecified atom stereocenters. The summed E-state index contributed by atoms with van der Waals surface area (Å²) in [7, 11) is 0. The second-order valence-corrected chi connectivity index (χ2v) is 5.79. The van der Waals surface area contributed by atoms with Crippen LogP contribution in [-0.2, 0) is 11.2 Å². The van der Waals surface area contributed by atoms with Crippen molar-refractivity contribution in [2.45, 2.75) is 45.4 Å². The van der Waals surface area contributed by atoms with Gasteiger partial charge in [0.25, 0.3) is 0 Å². The van der Waals surface area contributed by atoms with Crippen molar-refractivity contribution in [3.63, 3.8) is 0 Å². The van der Waals surface area contributed by atoms with E-state index in [0.717, 1.165) is 42.9 Å². The number of ether oxygens (including phenoxy) is 1. The van der Waals surface area contributed by atoms with Gasteiger partial charge in [-0.1, -0.05) is 26.2 Å². The Labute approximate surface area is 125 Å². The summed E-state index contributed by atoms with van der Waals surface area (Å²) in [6.45, 7) is 2.99. The molecule has 2 aliphatic rings. The monoisotopic (exact) mass is 286 g/mol. The molecule has 0 saturated carbocycles. The number of carbonyl (C=O) groups excluding carboxylic acids is 1. The van der Waals surface area contributed by atoms with Crippen LogP contribution < -0.4 is 10.2 Å². The normalized spacial score (nSPS) is 19.6. The third-order valence-corrected chi connectivity index (χ3v) is 4.25. The number of hydrogen-bond donors (Lipinski definition) is 1. The van der Waals surface area contributed by atoms with Crippen molar-refractivity contribution in [3.8, 4) is 5.75 Å². The first-order chi connectivity index (χ1) is 10.3. The highest BCUT2D eigenvalue weighted by Gasteiger charge is 2.35. The van der Waals surface area contributed by atoms with Crippen LogP contribution >= 0.6 is 0 Å². The summed E-state index contributed by atoms with van der Waals surface area (Å²) in [6.07, 6.45) is 6.62. The topological polar surface area (TPSA) is 50.7 Å². The number of unbranched alkanes of at least 4 members (excludes halogenated alkanes) is 3. The Hall–Kier alpha value is -1.84. The van der Waals surface area contributed by atoms with E-state index in [1.807, 2.05) is 12.1 Å². The molecule has 3 rings (SSSR count). The van der Waals surface area contributed by atoms with E-state index in [9.17, 15) is 4.79 Å². The molecule has 1 aromatic carbocycles. The van der Waals surface area contributed by atoms with Crippen molar-refractivity contribution in [3.05, 3.63) is 29.3 Å². The molecule has 1 atom stereocenters. The van der Waals surface area contributed by atoms with Gasteiger partial charge in [-0.25, -0.2) is 5.43 Å². The van der Waals surface area contributed by atoms with Crippen LogP contribution in [0.1, 0.15) is 50.2 Å². The lowest BCUT2D eigenvalue weighted by Crippen LogP contribution is -2.27. The van der Waals surface area contributed by atoms with Crippen molar-refractivity contribution in [1.82, 2.24) is 5.43 Å². The molecule has 0 bridgehead atoms. The molecule has 1 aromatic rings. The predicted octanol–water partition coefficient (Wildman–Crippen LogP) is 3.04. The molecule has 21 heavy (non-hydrogen) atoms. The SMILES string of the molecule is CCCCCCOc1ccc2c(c1)CC[C@@H]1C(=O)NN=C21. The fourth-order valence-corrected chi connectivity index (χ4v) is 3.05. The van der Waals surface area contributed by atoms with Gasteiger partial charge in [0.15, 0.2) is 0 Å². The van der Waals surface area contributed by atoms with E-state index in [0.29, 0.717) is 0 Å². The van der Waals surface area contributed by atoms with Gasteiger partial charge in [0.2, 0.25) is 5.91 Å². The summed E-state index contributed by atoms with van der Waals surface area (Å²) in [4.78, 5) is 11.7. The molecule has 112 valence electrons. The van der Waals surface area contributed by atoms with Gasteiger partial charge in [-0.05, 0) is 43.0 Å². The molecular formula is C17H22N2O2. The average Bonchev–Trinajstić information content (AvgIpc) is 2.88. The van der Waals surface area contributed by atoms with Crippen molar-refractivity contribution in [2.75, 3.05) is 6.61 Å². The summed E-state index contributed by atoms with van der Waals surface area (Å²) in [5.74, 6) is 0.909. The fraction of sp³-hybridized carbons (Fsp3) is 0.529. The summed E-state index contributed by atoms with van der Waals surface area (Å²) in [6, 6.07) is 6.14. The Bertz CT molecular complexity index is 566. The third kappa shape index (κ3) is 2.94. The Morgan fingerprint density at radius 2 is 2.24 bits per heavy atom. The Morgan fingerprint density at radius 1 is 1.33 bits per heavy atom. The van der Waals surface area contributed by atoms with E-state index >= 15 is 0 Å². The Kier molecular flexibility index (Phi) is 4.23. The lowest BCUT2D eigenvalue weighted by molar-refractivity contribution is -0.122. The van der Waals surface area contributed by atoms with Crippen molar-refractivity contribution in [1.29, 1.82) is 0 Å². The number of hydrogen-bond acceptors (Lipinski definition) is 3. The zero-order valence-corrected chi connectivity index (χ0v) is 12.5. The molecule has 1 aliphatic heterocycles. The molecule has 0 fully saturated rings. The largest absolute Gasteiger partial charge is 0.494 e.